The van der Waals surface area contributed by atoms with Crippen LogP contribution in [-0.2, 0) is 9.59 Å². The number of nitrogens with one attached hydrogen (secondary N) is 1. The normalized spacial score (nSPS) is 29.4. The van der Waals surface area contributed by atoms with Crippen LogP contribution in [0.5, 0.6) is 0 Å². The van der Waals surface area contributed by atoms with Gasteiger partial charge in [0.2, 0.25) is 11.8 Å². The number of piperazine rings is 1. The van der Waals surface area contributed by atoms with E-state index in [-0.39, 0.29) is 29.3 Å². The summed E-state index contributed by atoms with van der Waals surface area (Å²) in [5.74, 6) is 0.833. The maximum Gasteiger partial charge on any atom is 0.245 e. The van der Waals surface area contributed by atoms with Gasteiger partial charge in [-0.25, -0.2) is 0 Å². The lowest BCUT2D eigenvalue weighted by Gasteiger charge is -2.44. The van der Waals surface area contributed by atoms with E-state index >= 15 is 0 Å². The van der Waals surface area contributed by atoms with Crippen molar-refractivity contribution in [3.05, 3.63) is 0 Å². The summed E-state index contributed by atoms with van der Waals surface area (Å²) >= 11 is 0. The molecule has 4 nitrogen and oxygen atoms in total. The van der Waals surface area contributed by atoms with Gasteiger partial charge in [-0.3, -0.25) is 9.59 Å². The molecule has 2 atom stereocenters. The van der Waals surface area contributed by atoms with Crippen molar-refractivity contribution in [1.29, 1.82) is 0 Å². The van der Waals surface area contributed by atoms with Crippen molar-refractivity contribution in [1.82, 2.24) is 10.2 Å². The highest BCUT2D eigenvalue weighted by Gasteiger charge is 2.44. The van der Waals surface area contributed by atoms with E-state index in [9.17, 15) is 9.59 Å². The van der Waals surface area contributed by atoms with Crippen molar-refractivity contribution < 1.29 is 9.59 Å². The van der Waals surface area contributed by atoms with Crippen LogP contribution < -0.4 is 5.32 Å². The average Bonchev–Trinajstić information content (AvgIpc) is 3.02. The number of amides is 2. The van der Waals surface area contributed by atoms with Gasteiger partial charge >= 0.3 is 0 Å². The summed E-state index contributed by atoms with van der Waals surface area (Å²) in [5, 5.41) is 2.79. The summed E-state index contributed by atoms with van der Waals surface area (Å²) in [5.41, 5.74) is -0.219. The van der Waals surface area contributed by atoms with Crippen molar-refractivity contribution in [2.24, 2.45) is 11.3 Å². The maximum absolute atomic E-state index is 12.3. The van der Waals surface area contributed by atoms with E-state index in [0.29, 0.717) is 0 Å². The molecule has 18 heavy (non-hydrogen) atoms. The van der Waals surface area contributed by atoms with E-state index < -0.39 is 0 Å². The lowest BCUT2D eigenvalue weighted by atomic mass is 9.83. The van der Waals surface area contributed by atoms with Crippen LogP contribution in [0.4, 0.5) is 0 Å². The van der Waals surface area contributed by atoms with Crippen molar-refractivity contribution in [2.45, 2.75) is 59.0 Å². The first kappa shape index (κ1) is 13.4. The number of nitrogens with zero attached hydrogens (tertiary/aromatic N) is 1. The van der Waals surface area contributed by atoms with Crippen LogP contribution in [0.3, 0.4) is 0 Å². The number of rotatable bonds is 3. The quantitative estimate of drug-likeness (QED) is 0.828. The molecule has 0 spiro atoms. The molecule has 1 heterocycles. The SMILES string of the molecule is CC1NC(=O)C(C(C)(C)C)N(CCC2CC2)C1=O. The van der Waals surface area contributed by atoms with Crippen molar-refractivity contribution in [3.63, 3.8) is 0 Å². The Balaban J connectivity index is 2.14. The van der Waals surface area contributed by atoms with Gasteiger partial charge in [0.05, 0.1) is 0 Å². The van der Waals surface area contributed by atoms with Gasteiger partial charge in [-0.05, 0) is 24.7 Å². The third kappa shape index (κ3) is 2.68. The standard InChI is InChI=1S/C14H24N2O2/c1-9-13(18)16(8-7-10-5-6-10)11(12(17)15-9)14(2,3)4/h9-11H,5-8H2,1-4H3,(H,15,17). The van der Waals surface area contributed by atoms with E-state index in [1.165, 1.54) is 12.8 Å². The maximum atomic E-state index is 12.3. The Morgan fingerprint density at radius 2 is 1.89 bits per heavy atom. The van der Waals surface area contributed by atoms with Gasteiger partial charge in [0.1, 0.15) is 12.1 Å². The zero-order valence-electron chi connectivity index (χ0n) is 11.8. The molecule has 0 radical (unpaired) electrons. The van der Waals surface area contributed by atoms with Crippen molar-refractivity contribution in [2.75, 3.05) is 6.54 Å². The second-order valence-corrected chi connectivity index (χ2v) is 6.76. The predicted molar refractivity (Wildman–Crippen MR) is 69.9 cm³/mol. The highest BCUT2D eigenvalue weighted by Crippen LogP contribution is 2.34. The fourth-order valence-corrected chi connectivity index (χ4v) is 2.70. The van der Waals surface area contributed by atoms with E-state index in [0.717, 1.165) is 18.9 Å². The van der Waals surface area contributed by atoms with Gasteiger partial charge in [0.25, 0.3) is 0 Å². The monoisotopic (exact) mass is 252 g/mol. The second-order valence-electron chi connectivity index (χ2n) is 6.76. The fraction of sp³-hybridized carbons (Fsp3) is 0.857. The van der Waals surface area contributed by atoms with Crippen molar-refractivity contribution in [3.8, 4) is 0 Å². The van der Waals surface area contributed by atoms with Gasteiger partial charge in [0, 0.05) is 6.54 Å². The average molecular weight is 252 g/mol. The number of carbonyl (C=O) groups is 2. The molecule has 2 rings (SSSR count). The van der Waals surface area contributed by atoms with Crippen LogP contribution in [0, 0.1) is 11.3 Å². The minimum atomic E-state index is -0.379. The molecule has 2 unspecified atom stereocenters. The minimum absolute atomic E-state index is 0.00889. The molecule has 0 aromatic rings. The zero-order chi connectivity index (χ0) is 13.5. The first-order valence-electron chi connectivity index (χ1n) is 6.91. The molecule has 102 valence electrons. The third-order valence-electron chi connectivity index (χ3n) is 3.87. The van der Waals surface area contributed by atoms with Gasteiger partial charge in [-0.2, -0.15) is 0 Å². The van der Waals surface area contributed by atoms with Crippen LogP contribution in [0.2, 0.25) is 0 Å². The number of hydrogen-bond acceptors (Lipinski definition) is 2. The van der Waals surface area contributed by atoms with E-state index in [4.69, 9.17) is 0 Å². The highest BCUT2D eigenvalue weighted by molar-refractivity contribution is 5.97. The molecule has 1 N–H and O–H groups in total. The Hall–Kier alpha value is -1.06. The summed E-state index contributed by atoms with van der Waals surface area (Å²) < 4.78 is 0. The molecule has 0 aromatic heterocycles. The zero-order valence-corrected chi connectivity index (χ0v) is 11.8. The third-order valence-corrected chi connectivity index (χ3v) is 3.87. The molecule has 2 amide bonds. The fourth-order valence-electron chi connectivity index (χ4n) is 2.70. The molecule has 1 saturated carbocycles. The lowest BCUT2D eigenvalue weighted by molar-refractivity contribution is -0.153. The molecule has 1 saturated heterocycles. The summed E-state index contributed by atoms with van der Waals surface area (Å²) in [7, 11) is 0. The largest absolute Gasteiger partial charge is 0.343 e. The molecular weight excluding hydrogens is 228 g/mol. The Labute approximate surface area is 109 Å². The van der Waals surface area contributed by atoms with Gasteiger partial charge in [0.15, 0.2) is 0 Å². The number of carbonyl (C=O) groups excluding carboxylic acids is 2. The minimum Gasteiger partial charge on any atom is -0.343 e. The Morgan fingerprint density at radius 1 is 1.28 bits per heavy atom. The lowest BCUT2D eigenvalue weighted by Crippen LogP contribution is -2.66. The molecule has 1 aliphatic carbocycles. The predicted octanol–water partition coefficient (Wildman–Crippen LogP) is 1.55. The smallest absolute Gasteiger partial charge is 0.245 e. The molecule has 4 heteroatoms. The van der Waals surface area contributed by atoms with Crippen LogP contribution in [-0.4, -0.2) is 35.3 Å². The topological polar surface area (TPSA) is 49.4 Å². The van der Waals surface area contributed by atoms with E-state index in [1.54, 1.807) is 6.92 Å². The molecular formula is C14H24N2O2. The van der Waals surface area contributed by atoms with Crippen LogP contribution in [0.25, 0.3) is 0 Å². The van der Waals surface area contributed by atoms with E-state index in [1.807, 2.05) is 25.7 Å². The second kappa shape index (κ2) is 4.56. The highest BCUT2D eigenvalue weighted by atomic mass is 16.2. The van der Waals surface area contributed by atoms with E-state index in [2.05, 4.69) is 5.32 Å². The molecule has 1 aliphatic heterocycles. The Morgan fingerprint density at radius 3 is 2.39 bits per heavy atom. The van der Waals surface area contributed by atoms with Crippen LogP contribution >= 0.6 is 0 Å². The number of hydrogen-bond donors (Lipinski definition) is 1. The van der Waals surface area contributed by atoms with Crippen molar-refractivity contribution >= 4 is 11.8 Å². The summed E-state index contributed by atoms with van der Waals surface area (Å²) in [4.78, 5) is 26.2. The molecule has 2 fully saturated rings. The van der Waals surface area contributed by atoms with Gasteiger partial charge in [-0.1, -0.05) is 33.6 Å². The molecule has 2 aliphatic rings. The summed E-state index contributed by atoms with van der Waals surface area (Å²) in [6.07, 6.45) is 3.60. The summed E-state index contributed by atoms with van der Waals surface area (Å²) in [6.45, 7) is 8.55. The first-order valence-corrected chi connectivity index (χ1v) is 6.91. The first-order chi connectivity index (χ1) is 8.30. The van der Waals surface area contributed by atoms with Gasteiger partial charge in [-0.15, -0.1) is 0 Å². The molecule has 0 bridgehead atoms. The van der Waals surface area contributed by atoms with Crippen LogP contribution in [0.1, 0.15) is 47.0 Å². The summed E-state index contributed by atoms with van der Waals surface area (Å²) in [6, 6.07) is -0.713. The molecule has 0 aromatic carbocycles. The van der Waals surface area contributed by atoms with Crippen LogP contribution in [0.15, 0.2) is 0 Å². The van der Waals surface area contributed by atoms with Gasteiger partial charge < -0.3 is 10.2 Å². The Bertz CT molecular complexity index is 355. The Kier molecular flexibility index (Phi) is 3.39.